The average Bonchev–Trinajstić information content (AvgIpc) is 3.17. The summed E-state index contributed by atoms with van der Waals surface area (Å²) < 4.78 is 34.2. The van der Waals surface area contributed by atoms with Gasteiger partial charge in [-0.05, 0) is 83.5 Å². The summed E-state index contributed by atoms with van der Waals surface area (Å²) in [6.07, 6.45) is 51.9. The first-order valence-electron chi connectivity index (χ1n) is 22.0. The monoisotopic (exact) mass is 831 g/mol. The molecule has 0 aliphatic heterocycles. The van der Waals surface area contributed by atoms with E-state index in [0.717, 1.165) is 57.8 Å². The fourth-order valence-corrected chi connectivity index (χ4v) is 5.92. The van der Waals surface area contributed by atoms with E-state index in [0.29, 0.717) is 30.3 Å². The minimum Gasteiger partial charge on any atom is -0.462 e. The van der Waals surface area contributed by atoms with Crippen LogP contribution in [0.5, 0.6) is 0 Å². The molecule has 0 heterocycles. The molecule has 1 N–H and O–H groups in total. The van der Waals surface area contributed by atoms with E-state index in [9.17, 15) is 19.0 Å². The van der Waals surface area contributed by atoms with E-state index in [4.69, 9.17) is 18.5 Å². The van der Waals surface area contributed by atoms with Crippen LogP contribution in [0.2, 0.25) is 0 Å². The lowest BCUT2D eigenvalue weighted by molar-refractivity contribution is -0.870. The Kier molecular flexibility index (Phi) is 37.3. The van der Waals surface area contributed by atoms with Gasteiger partial charge in [0.2, 0.25) is 0 Å². The van der Waals surface area contributed by atoms with Gasteiger partial charge in [0.05, 0.1) is 27.7 Å². The maximum absolute atomic E-state index is 12.7. The zero-order valence-corrected chi connectivity index (χ0v) is 37.9. The normalized spacial score (nSPS) is 14.5. The molecule has 0 amide bonds. The molecule has 9 nitrogen and oxygen atoms in total. The van der Waals surface area contributed by atoms with Gasteiger partial charge >= 0.3 is 19.8 Å². The topological polar surface area (TPSA) is 108 Å². The van der Waals surface area contributed by atoms with E-state index < -0.39 is 32.5 Å². The van der Waals surface area contributed by atoms with Crippen LogP contribution in [0, 0.1) is 0 Å². The third kappa shape index (κ3) is 42.5. The summed E-state index contributed by atoms with van der Waals surface area (Å²) in [5.74, 6) is -0.939. The third-order valence-electron chi connectivity index (χ3n) is 8.60. The van der Waals surface area contributed by atoms with E-state index >= 15 is 0 Å². The Balaban J connectivity index is 4.57. The molecule has 0 saturated heterocycles. The van der Waals surface area contributed by atoms with Crippen LogP contribution in [-0.4, -0.2) is 74.9 Å². The SMILES string of the molecule is CC/C=C\C/C=C\C/C=C\C/C=C\C/C=C\CCCC(=O)OC[C@H](COP(=O)(O)OCC[N+](C)(C)C)OC(=O)CCC/C=C\C/C=C\C/C=C\CCCCCCCC. The number of rotatable bonds is 38. The Morgan fingerprint density at radius 3 is 1.47 bits per heavy atom. The highest BCUT2D eigenvalue weighted by Crippen LogP contribution is 2.43. The Morgan fingerprint density at radius 1 is 0.552 bits per heavy atom. The van der Waals surface area contributed by atoms with Gasteiger partial charge in [0.25, 0.3) is 0 Å². The Bertz CT molecular complexity index is 1300. The van der Waals surface area contributed by atoms with Crippen LogP contribution in [0.1, 0.15) is 142 Å². The molecule has 0 fully saturated rings. The lowest BCUT2D eigenvalue weighted by Gasteiger charge is -2.24. The maximum Gasteiger partial charge on any atom is 0.472 e. The van der Waals surface area contributed by atoms with Crippen LogP contribution in [0.4, 0.5) is 0 Å². The number of carbonyl (C=O) groups is 2. The summed E-state index contributed by atoms with van der Waals surface area (Å²) in [6, 6.07) is 0. The van der Waals surface area contributed by atoms with Crippen molar-refractivity contribution in [3.05, 3.63) is 97.2 Å². The van der Waals surface area contributed by atoms with Crippen molar-refractivity contribution in [1.29, 1.82) is 0 Å². The molecular weight excluding hydrogens is 750 g/mol. The van der Waals surface area contributed by atoms with Gasteiger partial charge in [-0.3, -0.25) is 18.6 Å². The number of phosphoric ester groups is 1. The van der Waals surface area contributed by atoms with Gasteiger partial charge in [0.1, 0.15) is 19.8 Å². The summed E-state index contributed by atoms with van der Waals surface area (Å²) in [4.78, 5) is 35.3. The minimum atomic E-state index is -4.41. The molecule has 0 bridgehead atoms. The molecule has 1 unspecified atom stereocenters. The number of hydrogen-bond donors (Lipinski definition) is 1. The quantitative estimate of drug-likeness (QED) is 0.0215. The number of allylic oxidation sites excluding steroid dienone is 16. The summed E-state index contributed by atoms with van der Waals surface area (Å²) in [7, 11) is 1.40. The number of quaternary nitrogens is 1. The summed E-state index contributed by atoms with van der Waals surface area (Å²) >= 11 is 0. The average molecular weight is 831 g/mol. The van der Waals surface area contributed by atoms with Gasteiger partial charge in [-0.15, -0.1) is 0 Å². The van der Waals surface area contributed by atoms with Gasteiger partial charge in [0.15, 0.2) is 6.10 Å². The summed E-state index contributed by atoms with van der Waals surface area (Å²) in [6.45, 7) is 4.15. The molecular formula is C48H81NO8P+. The highest BCUT2D eigenvalue weighted by Gasteiger charge is 2.27. The molecule has 0 aromatic heterocycles. The summed E-state index contributed by atoms with van der Waals surface area (Å²) in [5.41, 5.74) is 0. The number of ether oxygens (including phenoxy) is 2. The molecule has 0 aromatic rings. The molecule has 0 saturated carbocycles. The van der Waals surface area contributed by atoms with Gasteiger partial charge in [-0.1, -0.05) is 143 Å². The van der Waals surface area contributed by atoms with E-state index in [2.05, 4.69) is 98.9 Å². The van der Waals surface area contributed by atoms with Gasteiger partial charge in [-0.2, -0.15) is 0 Å². The molecule has 10 heteroatoms. The largest absolute Gasteiger partial charge is 0.472 e. The van der Waals surface area contributed by atoms with Crippen LogP contribution in [0.15, 0.2) is 97.2 Å². The molecule has 0 rings (SSSR count). The van der Waals surface area contributed by atoms with Crippen LogP contribution in [0.3, 0.4) is 0 Å². The van der Waals surface area contributed by atoms with Crippen molar-refractivity contribution in [2.75, 3.05) is 47.5 Å². The second-order valence-electron chi connectivity index (χ2n) is 15.3. The van der Waals surface area contributed by atoms with Crippen LogP contribution >= 0.6 is 7.82 Å². The van der Waals surface area contributed by atoms with Crippen molar-refractivity contribution in [2.24, 2.45) is 0 Å². The zero-order valence-electron chi connectivity index (χ0n) is 37.0. The minimum absolute atomic E-state index is 0.00821. The highest BCUT2D eigenvalue weighted by molar-refractivity contribution is 7.47. The molecule has 330 valence electrons. The Hall–Kier alpha value is -3.07. The summed E-state index contributed by atoms with van der Waals surface area (Å²) in [5, 5.41) is 0. The van der Waals surface area contributed by atoms with Crippen LogP contribution < -0.4 is 0 Å². The Labute approximate surface area is 353 Å². The van der Waals surface area contributed by atoms with E-state index in [1.54, 1.807) is 0 Å². The molecule has 58 heavy (non-hydrogen) atoms. The fraction of sp³-hybridized carbons (Fsp3) is 0.625. The fourth-order valence-electron chi connectivity index (χ4n) is 5.18. The van der Waals surface area contributed by atoms with Crippen molar-refractivity contribution < 1.29 is 42.1 Å². The van der Waals surface area contributed by atoms with Crippen LogP contribution in [0.25, 0.3) is 0 Å². The first-order valence-corrected chi connectivity index (χ1v) is 23.5. The second-order valence-corrected chi connectivity index (χ2v) is 16.8. The van der Waals surface area contributed by atoms with Crippen molar-refractivity contribution in [1.82, 2.24) is 0 Å². The van der Waals surface area contributed by atoms with Crippen LogP contribution in [-0.2, 0) is 32.7 Å². The van der Waals surface area contributed by atoms with Gasteiger partial charge < -0.3 is 18.9 Å². The lowest BCUT2D eigenvalue weighted by Crippen LogP contribution is -2.37. The molecule has 0 aliphatic carbocycles. The number of esters is 2. The predicted molar refractivity (Wildman–Crippen MR) is 242 cm³/mol. The zero-order chi connectivity index (χ0) is 42.8. The standard InChI is InChI=1S/C48H80NO8P/c1-6-8-10-12-14-16-18-20-22-24-26-28-30-32-34-36-38-40-47(50)54-44-46(45-56-58(52,53)55-43-42-49(3,4)5)57-48(51)41-39-37-35-33-31-29-27-25-23-21-19-17-15-13-11-9-7-2/h8,10,14,16,20-23,26-29,32-35,46H,6-7,9,11-13,15,17-19,24-25,30-31,36-45H2,1-5H3/p+1/b10-8-,16-14-,22-20-,23-21-,28-26-,29-27-,34-32-,35-33-/t46-/m1/s1. The number of phosphoric acid groups is 1. The number of nitrogens with zero attached hydrogens (tertiary/aromatic N) is 1. The molecule has 2 atom stereocenters. The van der Waals surface area contributed by atoms with Crippen molar-refractivity contribution in [3.8, 4) is 0 Å². The number of hydrogen-bond acceptors (Lipinski definition) is 7. The van der Waals surface area contributed by atoms with Gasteiger partial charge in [0, 0.05) is 12.8 Å². The third-order valence-corrected chi connectivity index (χ3v) is 9.58. The molecule has 0 radical (unpaired) electrons. The van der Waals surface area contributed by atoms with E-state index in [1.165, 1.54) is 38.5 Å². The highest BCUT2D eigenvalue weighted by atomic mass is 31.2. The lowest BCUT2D eigenvalue weighted by atomic mass is 10.1. The number of carbonyl (C=O) groups excluding carboxylic acids is 2. The Morgan fingerprint density at radius 2 is 0.983 bits per heavy atom. The predicted octanol–water partition coefficient (Wildman–Crippen LogP) is 12.6. The van der Waals surface area contributed by atoms with Crippen molar-refractivity contribution in [2.45, 2.75) is 148 Å². The van der Waals surface area contributed by atoms with E-state index in [1.807, 2.05) is 33.3 Å². The van der Waals surface area contributed by atoms with Gasteiger partial charge in [-0.25, -0.2) is 4.57 Å². The number of likely N-dealkylation sites (N-methyl/N-ethyl adjacent to an activating group) is 1. The smallest absolute Gasteiger partial charge is 0.462 e. The number of unbranched alkanes of at least 4 members (excludes halogenated alkanes) is 8. The molecule has 0 aliphatic rings. The van der Waals surface area contributed by atoms with E-state index in [-0.39, 0.29) is 26.1 Å². The molecule has 0 spiro atoms. The second kappa shape index (κ2) is 39.4. The first-order chi connectivity index (χ1) is 28.0. The van der Waals surface area contributed by atoms with Crippen molar-refractivity contribution >= 4 is 19.8 Å². The van der Waals surface area contributed by atoms with Crippen molar-refractivity contribution in [3.63, 3.8) is 0 Å². The maximum atomic E-state index is 12.7. The molecule has 0 aromatic carbocycles. The first kappa shape index (κ1) is 54.9.